The van der Waals surface area contributed by atoms with Gasteiger partial charge in [-0.25, -0.2) is 0 Å². The van der Waals surface area contributed by atoms with E-state index in [1.165, 1.54) is 50.6 Å². The van der Waals surface area contributed by atoms with Crippen molar-refractivity contribution < 1.29 is 9.53 Å². The van der Waals surface area contributed by atoms with E-state index in [0.717, 1.165) is 29.8 Å². The molecule has 9 aliphatic rings. The molecule has 0 aromatic rings. The van der Waals surface area contributed by atoms with Crippen LogP contribution in [0.25, 0.3) is 0 Å². The number of piperidine rings is 2. The molecular formula is C22H29NO2. The molecule has 0 aromatic heterocycles. The minimum atomic E-state index is -0.0995. The van der Waals surface area contributed by atoms with Gasteiger partial charge >= 0.3 is 5.97 Å². The van der Waals surface area contributed by atoms with E-state index in [2.05, 4.69) is 18.4 Å². The predicted octanol–water partition coefficient (Wildman–Crippen LogP) is 3.39. The lowest BCUT2D eigenvalue weighted by Crippen LogP contribution is -2.64. The van der Waals surface area contributed by atoms with Crippen LogP contribution in [0.2, 0.25) is 0 Å². The summed E-state index contributed by atoms with van der Waals surface area (Å²) in [5, 5.41) is 0. The lowest BCUT2D eigenvalue weighted by atomic mass is 9.40. The van der Waals surface area contributed by atoms with Crippen molar-refractivity contribution in [2.75, 3.05) is 6.54 Å². The second-order valence-electron chi connectivity index (χ2n) is 11.0. The van der Waals surface area contributed by atoms with Crippen LogP contribution < -0.4 is 0 Å². The summed E-state index contributed by atoms with van der Waals surface area (Å²) >= 11 is 0. The fourth-order valence-electron chi connectivity index (χ4n) is 10.7. The van der Waals surface area contributed by atoms with Crippen LogP contribution in [0.4, 0.5) is 0 Å². The third-order valence-corrected chi connectivity index (χ3v) is 10.6. The molecule has 3 saturated heterocycles. The van der Waals surface area contributed by atoms with Gasteiger partial charge in [-0.1, -0.05) is 19.9 Å². The van der Waals surface area contributed by atoms with Crippen LogP contribution in [0.5, 0.6) is 0 Å². The molecule has 9 rings (SSSR count). The number of carbonyl (C=O) groups is 1. The molecule has 3 aliphatic heterocycles. The molecule has 6 saturated carbocycles. The second-order valence-corrected chi connectivity index (χ2v) is 11.0. The third-order valence-electron chi connectivity index (χ3n) is 10.6. The number of ether oxygens (including phenoxy) is 1. The van der Waals surface area contributed by atoms with Gasteiger partial charge in [0.05, 0.1) is 0 Å². The molecule has 9 bridgehead atoms. The van der Waals surface area contributed by atoms with Gasteiger partial charge in [-0.05, 0) is 72.2 Å². The maximum Gasteiger partial charge on any atom is 0.303 e. The summed E-state index contributed by atoms with van der Waals surface area (Å²) < 4.78 is 6.06. The molecular weight excluding hydrogens is 310 g/mol. The zero-order chi connectivity index (χ0) is 16.9. The number of fused-ring (bicyclic) bond motifs is 1. The number of hydrogen-bond acceptors (Lipinski definition) is 3. The Morgan fingerprint density at radius 1 is 1.28 bits per heavy atom. The van der Waals surface area contributed by atoms with Crippen LogP contribution in [0, 0.1) is 39.9 Å². The first-order valence-electron chi connectivity index (χ1n) is 10.6. The average Bonchev–Trinajstić information content (AvgIpc) is 2.96. The van der Waals surface area contributed by atoms with E-state index in [1.807, 2.05) is 0 Å². The van der Waals surface area contributed by atoms with Crippen LogP contribution in [0.1, 0.15) is 52.4 Å². The maximum absolute atomic E-state index is 11.9. The van der Waals surface area contributed by atoms with Crippen molar-refractivity contribution in [2.45, 2.75) is 70.6 Å². The molecule has 3 heteroatoms. The van der Waals surface area contributed by atoms with Crippen molar-refractivity contribution in [3.63, 3.8) is 0 Å². The molecule has 0 N–H and O–H groups in total. The minimum Gasteiger partial charge on any atom is -0.457 e. The molecule has 6 aliphatic carbocycles. The molecule has 9 fully saturated rings. The Labute approximate surface area is 150 Å². The zero-order valence-corrected chi connectivity index (χ0v) is 15.5. The number of carbonyl (C=O) groups excluding carboxylic acids is 1. The zero-order valence-electron chi connectivity index (χ0n) is 15.5. The fourth-order valence-corrected chi connectivity index (χ4v) is 10.7. The first kappa shape index (κ1) is 14.3. The van der Waals surface area contributed by atoms with E-state index < -0.39 is 0 Å². The van der Waals surface area contributed by atoms with E-state index in [1.54, 1.807) is 6.92 Å². The number of esters is 1. The summed E-state index contributed by atoms with van der Waals surface area (Å²) in [7, 11) is 0. The van der Waals surface area contributed by atoms with Crippen LogP contribution in [0.15, 0.2) is 12.2 Å². The van der Waals surface area contributed by atoms with Gasteiger partial charge in [0.25, 0.3) is 0 Å². The molecule has 2 spiro atoms. The normalized spacial score (nSPS) is 67.2. The summed E-state index contributed by atoms with van der Waals surface area (Å²) in [5.74, 6) is 2.97. The Balaban J connectivity index is 1.46. The summed E-state index contributed by atoms with van der Waals surface area (Å²) in [4.78, 5) is 14.9. The van der Waals surface area contributed by atoms with Crippen molar-refractivity contribution in [1.82, 2.24) is 4.90 Å². The van der Waals surface area contributed by atoms with E-state index in [9.17, 15) is 4.79 Å². The monoisotopic (exact) mass is 339 g/mol. The fraction of sp³-hybridized carbons (Fsp3) is 0.864. The van der Waals surface area contributed by atoms with Gasteiger partial charge in [-0.15, -0.1) is 0 Å². The Hall–Kier alpha value is -0.830. The number of nitrogens with zero attached hydrogens (tertiary/aromatic N) is 1. The van der Waals surface area contributed by atoms with E-state index in [-0.39, 0.29) is 17.5 Å². The molecule has 0 radical (unpaired) electrons. The average molecular weight is 339 g/mol. The largest absolute Gasteiger partial charge is 0.457 e. The standard InChI is InChI=1S/C22H29NO2/c1-11-13-7-14-18-21-6-4-5-20(3)10-23(18)15(17(20)21)9-22(14,16(21)8-13)19(11)25-12(2)24/h13-19H,1,4-10H2,2-3H3/t13-,14?,15+,16-,17+,18?,19+,20-,21+,22+/m0/s1. The van der Waals surface area contributed by atoms with Crippen LogP contribution in [0.3, 0.4) is 0 Å². The lowest BCUT2D eigenvalue weighted by molar-refractivity contribution is -0.191. The summed E-state index contributed by atoms with van der Waals surface area (Å²) in [6, 6.07) is 1.56. The van der Waals surface area contributed by atoms with Crippen LogP contribution >= 0.6 is 0 Å². The Morgan fingerprint density at radius 3 is 2.92 bits per heavy atom. The van der Waals surface area contributed by atoms with E-state index in [0.29, 0.717) is 16.7 Å². The van der Waals surface area contributed by atoms with Crippen LogP contribution in [-0.4, -0.2) is 35.6 Å². The van der Waals surface area contributed by atoms with Gasteiger partial charge in [0, 0.05) is 31.0 Å². The maximum atomic E-state index is 11.9. The molecule has 0 amide bonds. The van der Waals surface area contributed by atoms with Crippen LogP contribution in [-0.2, 0) is 9.53 Å². The third kappa shape index (κ3) is 1.15. The molecule has 0 aromatic carbocycles. The van der Waals surface area contributed by atoms with Crippen molar-refractivity contribution in [1.29, 1.82) is 0 Å². The highest BCUT2D eigenvalue weighted by molar-refractivity contribution is 5.67. The van der Waals surface area contributed by atoms with Gasteiger partial charge in [-0.2, -0.15) is 0 Å². The predicted molar refractivity (Wildman–Crippen MR) is 93.6 cm³/mol. The summed E-state index contributed by atoms with van der Waals surface area (Å²) in [6.07, 6.45) is 8.28. The first-order valence-corrected chi connectivity index (χ1v) is 10.6. The lowest BCUT2D eigenvalue weighted by Gasteiger charge is -2.65. The second kappa shape index (κ2) is 3.74. The van der Waals surface area contributed by atoms with Crippen molar-refractivity contribution >= 4 is 5.97 Å². The van der Waals surface area contributed by atoms with Gasteiger partial charge in [0.1, 0.15) is 6.10 Å². The number of hydrogen-bond donors (Lipinski definition) is 0. The van der Waals surface area contributed by atoms with Crippen molar-refractivity contribution in [3.8, 4) is 0 Å². The highest BCUT2D eigenvalue weighted by Gasteiger charge is 2.88. The molecule has 3 unspecified atom stereocenters. The van der Waals surface area contributed by atoms with Crippen molar-refractivity contribution in [3.05, 3.63) is 12.2 Å². The highest BCUT2D eigenvalue weighted by atomic mass is 16.5. The molecule has 11 atom stereocenters. The summed E-state index contributed by atoms with van der Waals surface area (Å²) in [6.45, 7) is 10.0. The van der Waals surface area contributed by atoms with Gasteiger partial charge in [-0.3, -0.25) is 9.69 Å². The highest BCUT2D eigenvalue weighted by Crippen LogP contribution is 2.87. The Kier molecular flexibility index (Phi) is 2.13. The SMILES string of the molecule is C=C1[C@H]2CC3C4N5C[C@]6(C)CCC[C@]47[C@H](C2)[C@]3(C[C@@H]5[C@H]67)[C@@H]1OC(C)=O. The molecule has 3 heterocycles. The first-order chi connectivity index (χ1) is 11.9. The molecule has 25 heavy (non-hydrogen) atoms. The van der Waals surface area contributed by atoms with Crippen molar-refractivity contribution in [2.24, 2.45) is 39.9 Å². The van der Waals surface area contributed by atoms with E-state index in [4.69, 9.17) is 4.74 Å². The minimum absolute atomic E-state index is 0.0197. The quantitative estimate of drug-likeness (QED) is 0.542. The van der Waals surface area contributed by atoms with Gasteiger partial charge < -0.3 is 4.74 Å². The van der Waals surface area contributed by atoms with E-state index >= 15 is 0 Å². The smallest absolute Gasteiger partial charge is 0.303 e. The molecule has 3 nitrogen and oxygen atoms in total. The Morgan fingerprint density at radius 2 is 2.12 bits per heavy atom. The molecule has 134 valence electrons. The topological polar surface area (TPSA) is 29.5 Å². The number of rotatable bonds is 1. The van der Waals surface area contributed by atoms with Gasteiger partial charge in [0.15, 0.2) is 0 Å². The summed E-state index contributed by atoms with van der Waals surface area (Å²) in [5.41, 5.74) is 2.61. The van der Waals surface area contributed by atoms with Gasteiger partial charge in [0.2, 0.25) is 0 Å². The Bertz CT molecular complexity index is 746.